The van der Waals surface area contributed by atoms with Crippen molar-refractivity contribution in [1.29, 1.82) is 0 Å². The molecule has 0 bridgehead atoms. The number of methoxy groups -OCH3 is 3. The van der Waals surface area contributed by atoms with Crippen molar-refractivity contribution in [2.75, 3.05) is 32.0 Å². The summed E-state index contributed by atoms with van der Waals surface area (Å²) in [6, 6.07) is 16.1. The number of nitrogens with two attached hydrogens (primary N) is 1. The van der Waals surface area contributed by atoms with Crippen molar-refractivity contribution in [1.82, 2.24) is 69.2 Å². The lowest BCUT2D eigenvalue weighted by atomic mass is 9.99. The lowest BCUT2D eigenvalue weighted by Gasteiger charge is -2.08. The number of halogens is 8. The zero-order valence-corrected chi connectivity index (χ0v) is 50.3. The molecule has 8 heterocycles. The van der Waals surface area contributed by atoms with E-state index in [-0.39, 0.29) is 16.1 Å². The summed E-state index contributed by atoms with van der Waals surface area (Å²) < 4.78 is 20.2. The number of anilines is 2. The van der Waals surface area contributed by atoms with E-state index in [0.717, 1.165) is 39.0 Å². The molecule has 1 aliphatic rings. The van der Waals surface area contributed by atoms with Crippen LogP contribution in [-0.2, 0) is 47.3 Å². The molecule has 0 atom stereocenters. The number of nitrogens with zero attached hydrogens (tertiary/aromatic N) is 14. The van der Waals surface area contributed by atoms with Gasteiger partial charge in [0.1, 0.15) is 27.6 Å². The molecule has 7 N–H and O–H groups in total. The van der Waals surface area contributed by atoms with Gasteiger partial charge in [-0.25, -0.2) is 19.9 Å². The standard InChI is InChI=1S/C14H13Cl2N5O.C13H11Cl2N5O.C7H7Cl2N.C7H7ClN4O.C7H6ClN3O.CH5BO2/c1-21-12-11(7-18-21)19-14(20-13(12)22-2)17-6-8-3-4-9(15)10(16)5-8;1-20-11-10(6-17-20)18-13(19-12(11)21)16-5-7-2-3-8(14)9(15)4-7;8-6-2-1-5(4-10)3-7(6)9;1-12-5-4(3-9-12)10-7(8)11-6(5)13-2;1-12-6-4-2-9-3-5(4)10-7(8)11-6;1-2(3)4/h3-5,7H,6H2,1-2H3,(H,17,19,20);2-4,6H,5H2,1H3,(H2,16,18,19,21);1-3H,4,10H2;3H,1-2H3;3H,2H2,1H3;3-4H,1H3. The van der Waals surface area contributed by atoms with Crippen LogP contribution in [0.15, 0.2) is 83.0 Å². The molecule has 0 fully saturated rings. The van der Waals surface area contributed by atoms with Gasteiger partial charge in [0.05, 0.1) is 87.9 Å². The summed E-state index contributed by atoms with van der Waals surface area (Å²) in [5, 5.41) is 37.1. The fourth-order valence-electron chi connectivity index (χ4n) is 7.03. The summed E-state index contributed by atoms with van der Waals surface area (Å²) in [5.41, 5.74) is 13.6. The number of rotatable bonds is 10. The maximum Gasteiger partial charge on any atom is 0.448 e. The van der Waals surface area contributed by atoms with Crippen LogP contribution in [0.3, 0.4) is 0 Å². The van der Waals surface area contributed by atoms with E-state index in [1.54, 1.807) is 98.9 Å². The minimum Gasteiger partial charge on any atom is -0.481 e. The predicted molar refractivity (Wildman–Crippen MR) is 323 cm³/mol. The number of aliphatic imine (C=N–C) groups is 1. The molecule has 430 valence electrons. The first-order valence-electron chi connectivity index (χ1n) is 23.6. The normalized spacial score (nSPS) is 10.9. The minimum atomic E-state index is -1.17. The molecule has 24 nitrogen and oxygen atoms in total. The van der Waals surface area contributed by atoms with Crippen molar-refractivity contribution >= 4 is 151 Å². The van der Waals surface area contributed by atoms with Crippen molar-refractivity contribution < 1.29 is 24.3 Å². The average molecular weight is 1280 g/mol. The SMILES string of the molecule is CB(O)O.COc1nc(Cl)nc2c1CN=C2.COc1nc(Cl)nc2cnn(C)c12.COc1nc(NCc2ccc(Cl)c(Cl)c2)nc2cnn(C)c12.Cn1ncc2nc(NCc3ccc(Cl)c(Cl)c3)[nH]c(=O)c21.NCc1ccc(Cl)c(Cl)c1. The van der Waals surface area contributed by atoms with Crippen LogP contribution in [0, 0.1) is 0 Å². The Morgan fingerprint density at radius 3 is 1.54 bits per heavy atom. The second-order valence-electron chi connectivity index (χ2n) is 16.6. The maximum absolute atomic E-state index is 12.0. The maximum atomic E-state index is 12.0. The number of aryl methyl sites for hydroxylation is 3. The Morgan fingerprint density at radius 1 is 0.585 bits per heavy atom. The lowest BCUT2D eigenvalue weighted by molar-refractivity contribution is 0.392. The molecule has 3 aromatic carbocycles. The van der Waals surface area contributed by atoms with Crippen LogP contribution in [0.5, 0.6) is 17.6 Å². The molecule has 0 saturated carbocycles. The molecule has 11 rings (SSSR count). The summed E-state index contributed by atoms with van der Waals surface area (Å²) in [4.78, 5) is 47.6. The van der Waals surface area contributed by atoms with E-state index in [2.05, 4.69) is 70.8 Å². The smallest absolute Gasteiger partial charge is 0.448 e. The molecular weight excluding hydrogens is 1230 g/mol. The molecule has 0 amide bonds. The Hall–Kier alpha value is -6.88. The number of fused-ring (bicyclic) bond motifs is 4. The van der Waals surface area contributed by atoms with Gasteiger partial charge in [0, 0.05) is 47.0 Å². The molecule has 0 spiro atoms. The molecule has 10 aromatic rings. The molecule has 0 aliphatic carbocycles. The zero-order chi connectivity index (χ0) is 59.8. The summed E-state index contributed by atoms with van der Waals surface area (Å²) in [7, 11) is 8.79. The highest BCUT2D eigenvalue weighted by Gasteiger charge is 2.17. The van der Waals surface area contributed by atoms with Gasteiger partial charge >= 0.3 is 7.12 Å². The molecule has 0 radical (unpaired) electrons. The van der Waals surface area contributed by atoms with Crippen LogP contribution in [0.4, 0.5) is 11.9 Å². The molecule has 1 aliphatic heterocycles. The first-order valence-corrected chi connectivity index (χ1v) is 26.7. The largest absolute Gasteiger partial charge is 0.481 e. The third-order valence-corrected chi connectivity index (χ3v) is 13.4. The van der Waals surface area contributed by atoms with Gasteiger partial charge in [-0.15, -0.1) is 0 Å². The van der Waals surface area contributed by atoms with E-state index < -0.39 is 7.12 Å². The van der Waals surface area contributed by atoms with Crippen LogP contribution >= 0.6 is 92.8 Å². The highest BCUT2D eigenvalue weighted by atomic mass is 35.5. The quantitative estimate of drug-likeness (QED) is 0.0548. The van der Waals surface area contributed by atoms with Crippen LogP contribution in [0.25, 0.3) is 33.1 Å². The average Bonchev–Trinajstić information content (AvgIpc) is 4.44. The van der Waals surface area contributed by atoms with Gasteiger partial charge in [-0.1, -0.05) is 87.8 Å². The van der Waals surface area contributed by atoms with Gasteiger partial charge in [-0.2, -0.15) is 30.2 Å². The Morgan fingerprint density at radius 2 is 1.02 bits per heavy atom. The van der Waals surface area contributed by atoms with Crippen molar-refractivity contribution in [3.05, 3.63) is 152 Å². The van der Waals surface area contributed by atoms with Gasteiger partial charge in [0.2, 0.25) is 40.1 Å². The topological polar surface area (TPSA) is 307 Å². The molecule has 82 heavy (non-hydrogen) atoms. The number of hydrogen-bond acceptors (Lipinski definition) is 20. The van der Waals surface area contributed by atoms with E-state index >= 15 is 0 Å². The van der Waals surface area contributed by atoms with E-state index in [1.165, 1.54) is 18.6 Å². The summed E-state index contributed by atoms with van der Waals surface area (Å²) in [6.45, 7) is 3.34. The Balaban J connectivity index is 0.000000167. The summed E-state index contributed by atoms with van der Waals surface area (Å²) in [5.74, 6) is 2.27. The second kappa shape index (κ2) is 30.4. The van der Waals surface area contributed by atoms with E-state index in [0.29, 0.717) is 108 Å². The predicted octanol–water partition coefficient (Wildman–Crippen LogP) is 9.50. The third-order valence-electron chi connectivity index (χ3n) is 10.8. The number of ether oxygens (including phenoxy) is 3. The Bertz CT molecular complexity index is 3900. The van der Waals surface area contributed by atoms with Gasteiger partial charge in [-0.3, -0.25) is 28.8 Å². The van der Waals surface area contributed by atoms with Crippen molar-refractivity contribution in [3.8, 4) is 17.6 Å². The summed E-state index contributed by atoms with van der Waals surface area (Å²) in [6.07, 6.45) is 6.51. The van der Waals surface area contributed by atoms with Crippen molar-refractivity contribution in [3.63, 3.8) is 0 Å². The number of H-pyrrole nitrogens is 1. The molecule has 33 heteroatoms. The lowest BCUT2D eigenvalue weighted by Crippen LogP contribution is -2.15. The molecule has 0 saturated heterocycles. The minimum absolute atomic E-state index is 0.164. The monoisotopic (exact) mass is 1280 g/mol. The van der Waals surface area contributed by atoms with Gasteiger partial charge in [0.15, 0.2) is 5.52 Å². The highest BCUT2D eigenvalue weighted by Crippen LogP contribution is 2.28. The van der Waals surface area contributed by atoms with Crippen molar-refractivity contribution in [2.24, 2.45) is 31.9 Å². The zero-order valence-electron chi connectivity index (χ0n) is 44.3. The number of aromatic nitrogens is 14. The van der Waals surface area contributed by atoms with E-state index in [9.17, 15) is 4.79 Å². The number of aromatic amines is 1. The molecular formula is C49H49BCl8N18O6. The first-order chi connectivity index (χ1) is 39.1. The fourth-order valence-corrected chi connectivity index (χ4v) is 8.33. The fraction of sp³-hybridized carbons (Fsp3) is 0.224. The summed E-state index contributed by atoms with van der Waals surface area (Å²) >= 11 is 46.4. The van der Waals surface area contributed by atoms with Crippen molar-refractivity contribution in [2.45, 2.75) is 33.0 Å². The van der Waals surface area contributed by atoms with Crippen LogP contribution in [0.2, 0.25) is 47.5 Å². The second-order valence-corrected chi connectivity index (χ2v) is 19.7. The number of benzene rings is 3. The van der Waals surface area contributed by atoms with Crippen LogP contribution in [-0.4, -0.2) is 114 Å². The molecule has 7 aromatic heterocycles. The van der Waals surface area contributed by atoms with Gasteiger partial charge < -0.3 is 40.6 Å². The van der Waals surface area contributed by atoms with Gasteiger partial charge in [-0.05, 0) is 83.1 Å². The van der Waals surface area contributed by atoms with Crippen LogP contribution < -0.4 is 36.1 Å². The van der Waals surface area contributed by atoms with Crippen LogP contribution in [0.1, 0.15) is 27.9 Å². The van der Waals surface area contributed by atoms with Gasteiger partial charge in [0.25, 0.3) is 5.56 Å². The van der Waals surface area contributed by atoms with E-state index in [4.69, 9.17) is 123 Å². The highest BCUT2D eigenvalue weighted by molar-refractivity contribution is 6.43. The first kappa shape index (κ1) is 64.3. The molecule has 0 unspecified atom stereocenters. The third kappa shape index (κ3) is 17.6. The number of nitrogens with one attached hydrogen (secondary N) is 3. The Kier molecular flexibility index (Phi) is 23.9. The number of hydrogen-bond donors (Lipinski definition) is 6. The van der Waals surface area contributed by atoms with E-state index in [1.807, 2.05) is 25.2 Å². The Labute approximate surface area is 508 Å².